The summed E-state index contributed by atoms with van der Waals surface area (Å²) in [7, 11) is 0. The van der Waals surface area contributed by atoms with E-state index in [-0.39, 0.29) is 16.8 Å². The molecule has 2 nitrogen and oxygen atoms in total. The number of thioether (sulfide) groups is 2. The summed E-state index contributed by atoms with van der Waals surface area (Å²) in [4.78, 5) is 10.7. The lowest BCUT2D eigenvalue weighted by atomic mass is 10.4. The number of rotatable bonds is 2. The van der Waals surface area contributed by atoms with Crippen molar-refractivity contribution in [1.82, 2.24) is 0 Å². The quantitative estimate of drug-likeness (QED) is 0.547. The van der Waals surface area contributed by atoms with Crippen LogP contribution in [-0.4, -0.2) is 34.0 Å². The maximum Gasteiger partial charge on any atom is 0.322 e. The van der Waals surface area contributed by atoms with Gasteiger partial charge < -0.3 is 4.74 Å². The maximum atomic E-state index is 11.0. The van der Waals surface area contributed by atoms with Gasteiger partial charge in [0.15, 0.2) is 4.93 Å². The molecule has 1 heterocycles. The van der Waals surface area contributed by atoms with E-state index in [4.69, 9.17) is 16.3 Å². The normalized spacial score (nSPS) is 29.4. The van der Waals surface area contributed by atoms with Crippen LogP contribution < -0.4 is 0 Å². The second-order valence-corrected chi connectivity index (χ2v) is 5.93. The van der Waals surface area contributed by atoms with Crippen molar-refractivity contribution in [1.29, 1.82) is 0 Å². The molecule has 0 amide bonds. The Morgan fingerprint density at radius 1 is 1.62 bits per heavy atom. The third kappa shape index (κ3) is 4.00. The third-order valence-electron chi connectivity index (χ3n) is 1.64. The standard InChI is InChI=1S/C8H13ClO2S2/c1-8(11-7(10)5-9)6-12-3-2-4-13-8/h2-6H2,1H3. The SMILES string of the molecule is CC1(OC(=O)CCl)CSCCCS1. The fourth-order valence-corrected chi connectivity index (χ4v) is 3.69. The molecule has 0 aromatic carbocycles. The molecule has 1 fully saturated rings. The van der Waals surface area contributed by atoms with E-state index in [9.17, 15) is 4.79 Å². The molecule has 1 rings (SSSR count). The van der Waals surface area contributed by atoms with Crippen molar-refractivity contribution in [2.45, 2.75) is 18.3 Å². The zero-order valence-electron chi connectivity index (χ0n) is 7.55. The van der Waals surface area contributed by atoms with E-state index in [0.717, 1.165) is 17.3 Å². The van der Waals surface area contributed by atoms with E-state index >= 15 is 0 Å². The number of carbonyl (C=O) groups is 1. The van der Waals surface area contributed by atoms with E-state index < -0.39 is 0 Å². The van der Waals surface area contributed by atoms with Crippen LogP contribution in [0.15, 0.2) is 0 Å². The molecule has 0 aromatic heterocycles. The Labute approximate surface area is 92.1 Å². The zero-order chi connectivity index (χ0) is 9.73. The molecule has 1 aliphatic rings. The molecule has 13 heavy (non-hydrogen) atoms. The molecule has 0 aliphatic carbocycles. The van der Waals surface area contributed by atoms with Crippen LogP contribution in [0.25, 0.3) is 0 Å². The summed E-state index contributed by atoms with van der Waals surface area (Å²) in [5, 5.41) is 0. The summed E-state index contributed by atoms with van der Waals surface area (Å²) in [5.41, 5.74) is 0. The highest BCUT2D eigenvalue weighted by atomic mass is 35.5. The number of ether oxygens (including phenoxy) is 1. The Balaban J connectivity index is 2.46. The second-order valence-electron chi connectivity index (χ2n) is 3.00. The van der Waals surface area contributed by atoms with Gasteiger partial charge in [0, 0.05) is 5.75 Å². The Morgan fingerprint density at radius 3 is 3.08 bits per heavy atom. The van der Waals surface area contributed by atoms with Gasteiger partial charge in [-0.05, 0) is 24.9 Å². The van der Waals surface area contributed by atoms with Gasteiger partial charge >= 0.3 is 5.97 Å². The molecule has 0 aromatic rings. The molecule has 5 heteroatoms. The van der Waals surface area contributed by atoms with Crippen molar-refractivity contribution >= 4 is 41.1 Å². The molecule has 0 N–H and O–H groups in total. The first-order chi connectivity index (χ1) is 6.16. The van der Waals surface area contributed by atoms with E-state index in [2.05, 4.69) is 0 Å². The smallest absolute Gasteiger partial charge is 0.322 e. The molecule has 1 saturated heterocycles. The fourth-order valence-electron chi connectivity index (χ4n) is 1.08. The number of hydrogen-bond donors (Lipinski definition) is 0. The van der Waals surface area contributed by atoms with Crippen LogP contribution in [0.5, 0.6) is 0 Å². The van der Waals surface area contributed by atoms with Crippen molar-refractivity contribution < 1.29 is 9.53 Å². The number of alkyl halides is 1. The minimum absolute atomic E-state index is 0.0547. The highest BCUT2D eigenvalue weighted by Gasteiger charge is 2.30. The molecule has 76 valence electrons. The van der Waals surface area contributed by atoms with Gasteiger partial charge in [-0.25, -0.2) is 0 Å². The van der Waals surface area contributed by atoms with Gasteiger partial charge in [0.2, 0.25) is 0 Å². The predicted molar refractivity (Wildman–Crippen MR) is 59.6 cm³/mol. The van der Waals surface area contributed by atoms with Crippen LogP contribution in [0.3, 0.4) is 0 Å². The van der Waals surface area contributed by atoms with Gasteiger partial charge in [-0.1, -0.05) is 0 Å². The summed E-state index contributed by atoms with van der Waals surface area (Å²) >= 11 is 8.92. The average molecular weight is 241 g/mol. The minimum Gasteiger partial charge on any atom is -0.446 e. The first-order valence-corrected chi connectivity index (χ1v) is 6.83. The van der Waals surface area contributed by atoms with E-state index in [1.165, 1.54) is 6.42 Å². The Morgan fingerprint density at radius 2 is 2.38 bits per heavy atom. The summed E-state index contributed by atoms with van der Waals surface area (Å²) in [6, 6.07) is 0. The summed E-state index contributed by atoms with van der Waals surface area (Å²) in [6.07, 6.45) is 1.18. The van der Waals surface area contributed by atoms with Gasteiger partial charge in [-0.3, -0.25) is 4.79 Å². The third-order valence-corrected chi connectivity index (χ3v) is 4.71. The predicted octanol–water partition coefficient (Wildman–Crippen LogP) is 2.35. The largest absolute Gasteiger partial charge is 0.446 e. The van der Waals surface area contributed by atoms with Gasteiger partial charge in [-0.15, -0.1) is 23.4 Å². The van der Waals surface area contributed by atoms with Crippen molar-refractivity contribution in [3.8, 4) is 0 Å². The Hall–Kier alpha value is 0.460. The number of halogens is 1. The van der Waals surface area contributed by atoms with Crippen molar-refractivity contribution in [3.63, 3.8) is 0 Å². The van der Waals surface area contributed by atoms with Crippen molar-refractivity contribution in [2.75, 3.05) is 23.1 Å². The van der Waals surface area contributed by atoms with Gasteiger partial charge in [0.05, 0.1) is 0 Å². The van der Waals surface area contributed by atoms with Crippen molar-refractivity contribution in [2.24, 2.45) is 0 Å². The van der Waals surface area contributed by atoms with Gasteiger partial charge in [0.1, 0.15) is 5.88 Å². The van der Waals surface area contributed by atoms with Crippen LogP contribution in [-0.2, 0) is 9.53 Å². The Bertz CT molecular complexity index is 179. The highest BCUT2D eigenvalue weighted by molar-refractivity contribution is 8.04. The van der Waals surface area contributed by atoms with Gasteiger partial charge in [-0.2, -0.15) is 11.8 Å². The lowest BCUT2D eigenvalue weighted by molar-refractivity contribution is -0.146. The molecule has 0 saturated carbocycles. The van der Waals surface area contributed by atoms with Crippen LogP contribution >= 0.6 is 35.1 Å². The van der Waals surface area contributed by atoms with Crippen LogP contribution in [0, 0.1) is 0 Å². The lowest BCUT2D eigenvalue weighted by Gasteiger charge is -2.26. The van der Waals surface area contributed by atoms with Crippen LogP contribution in [0.2, 0.25) is 0 Å². The Kier molecular flexibility index (Phi) is 4.76. The van der Waals surface area contributed by atoms with Gasteiger partial charge in [0.25, 0.3) is 0 Å². The zero-order valence-corrected chi connectivity index (χ0v) is 9.94. The average Bonchev–Trinajstić information content (AvgIpc) is 2.30. The molecule has 0 bridgehead atoms. The topological polar surface area (TPSA) is 26.3 Å². The monoisotopic (exact) mass is 240 g/mol. The minimum atomic E-state index is -0.368. The fraction of sp³-hybridized carbons (Fsp3) is 0.875. The van der Waals surface area contributed by atoms with E-state index in [1.807, 2.05) is 18.7 Å². The van der Waals surface area contributed by atoms with Crippen LogP contribution in [0.1, 0.15) is 13.3 Å². The second kappa shape index (κ2) is 5.37. The molecular formula is C8H13ClO2S2. The molecule has 0 radical (unpaired) electrons. The highest BCUT2D eigenvalue weighted by Crippen LogP contribution is 2.34. The van der Waals surface area contributed by atoms with E-state index in [0.29, 0.717) is 0 Å². The van der Waals surface area contributed by atoms with Crippen molar-refractivity contribution in [3.05, 3.63) is 0 Å². The maximum absolute atomic E-state index is 11.0. The summed E-state index contributed by atoms with van der Waals surface area (Å²) in [6.45, 7) is 1.96. The number of hydrogen-bond acceptors (Lipinski definition) is 4. The number of carbonyl (C=O) groups excluding carboxylic acids is 1. The lowest BCUT2D eigenvalue weighted by Crippen LogP contribution is -2.31. The summed E-state index contributed by atoms with van der Waals surface area (Å²) < 4.78 is 5.28. The summed E-state index contributed by atoms with van der Waals surface area (Å²) in [5.74, 6) is 2.69. The van der Waals surface area contributed by atoms with E-state index in [1.54, 1.807) is 11.8 Å². The molecule has 1 aliphatic heterocycles. The molecule has 1 atom stereocenters. The first kappa shape index (κ1) is 11.5. The first-order valence-electron chi connectivity index (χ1n) is 4.16. The molecule has 1 unspecified atom stereocenters. The van der Waals surface area contributed by atoms with Crippen LogP contribution in [0.4, 0.5) is 0 Å². The molecular weight excluding hydrogens is 228 g/mol. The number of esters is 1. The molecule has 0 spiro atoms.